The molecule has 0 amide bonds. The van der Waals surface area contributed by atoms with Gasteiger partial charge in [-0.3, -0.25) is 4.57 Å². The van der Waals surface area contributed by atoms with Crippen molar-refractivity contribution in [2.75, 3.05) is 12.3 Å². The number of ether oxygens (including phenoxy) is 1. The lowest BCUT2D eigenvalue weighted by Crippen LogP contribution is -2.24. The highest BCUT2D eigenvalue weighted by atomic mass is 16.5. The van der Waals surface area contributed by atoms with Crippen LogP contribution >= 0.6 is 0 Å². The van der Waals surface area contributed by atoms with E-state index in [0.29, 0.717) is 0 Å². The molecule has 0 spiro atoms. The number of hydrogen-bond donors (Lipinski definition) is 3. The number of nitrogen functional groups attached to an aromatic ring is 1. The zero-order chi connectivity index (χ0) is 13.6. The molecule has 2 aromatic heterocycles. The van der Waals surface area contributed by atoms with Gasteiger partial charge in [0.2, 0.25) is 0 Å². The molecule has 0 aliphatic carbocycles. The minimum Gasteiger partial charge on any atom is -0.394 e. The van der Waals surface area contributed by atoms with Crippen LogP contribution in [0.5, 0.6) is 0 Å². The fourth-order valence-electron chi connectivity index (χ4n) is 2.14. The first kappa shape index (κ1) is 12.1. The van der Waals surface area contributed by atoms with Crippen molar-refractivity contribution in [1.29, 1.82) is 0 Å². The second kappa shape index (κ2) is 4.30. The molecule has 3 heterocycles. The molecule has 4 N–H and O–H groups in total. The second-order valence-corrected chi connectivity index (χ2v) is 4.28. The number of nitrogens with zero attached hydrogens (tertiary/aromatic N) is 3. The Morgan fingerprint density at radius 1 is 1.58 bits per heavy atom. The van der Waals surface area contributed by atoms with Crippen LogP contribution in [0.4, 0.5) is 6.01 Å². The molecule has 9 heteroatoms. The van der Waals surface area contributed by atoms with Gasteiger partial charge in [0, 0.05) is 6.42 Å². The third-order valence-electron chi connectivity index (χ3n) is 3.07. The van der Waals surface area contributed by atoms with Gasteiger partial charge in [-0.25, -0.2) is 9.78 Å². The molecule has 1 aliphatic heterocycles. The van der Waals surface area contributed by atoms with E-state index in [1.54, 1.807) is 0 Å². The molecule has 102 valence electrons. The third kappa shape index (κ3) is 1.87. The number of aliphatic hydroxyl groups is 2. The van der Waals surface area contributed by atoms with E-state index in [-0.39, 0.29) is 30.2 Å². The molecule has 2 aromatic rings. The molecular formula is C10H12N4O5. The van der Waals surface area contributed by atoms with E-state index < -0.39 is 24.1 Å². The van der Waals surface area contributed by atoms with Gasteiger partial charge in [0.1, 0.15) is 12.3 Å². The Morgan fingerprint density at radius 3 is 3.05 bits per heavy atom. The summed E-state index contributed by atoms with van der Waals surface area (Å²) in [6, 6.07) is -0.267. The molecule has 0 saturated carbocycles. The summed E-state index contributed by atoms with van der Waals surface area (Å²) < 4.78 is 11.6. The summed E-state index contributed by atoms with van der Waals surface area (Å²) in [4.78, 5) is 19.3. The average molecular weight is 268 g/mol. The molecule has 3 atom stereocenters. The molecule has 9 nitrogen and oxygen atoms in total. The Hall–Kier alpha value is -1.97. The lowest BCUT2D eigenvalue weighted by atomic mass is 10.2. The zero-order valence-corrected chi connectivity index (χ0v) is 9.76. The SMILES string of the molecule is Nc1nc2c(ncn2[C@H]2C[C@H](O)[C@@H](CO)O2)c(=O)o1. The van der Waals surface area contributed by atoms with E-state index in [9.17, 15) is 9.90 Å². The van der Waals surface area contributed by atoms with Crippen molar-refractivity contribution >= 4 is 17.2 Å². The van der Waals surface area contributed by atoms with Crippen LogP contribution in [0.25, 0.3) is 11.2 Å². The molecule has 1 aliphatic rings. The lowest BCUT2D eigenvalue weighted by molar-refractivity contribution is -0.0432. The standard InChI is InChI=1S/C10H12N4O5/c11-10-13-8-7(9(17)19-10)12-3-14(8)6-1-4(16)5(2-15)18-6/h3-6,15-16H,1-2H2,(H2,11,13)/t4-,5+,6+/m0/s1. The van der Waals surface area contributed by atoms with Crippen molar-refractivity contribution in [3.05, 3.63) is 16.7 Å². The van der Waals surface area contributed by atoms with E-state index in [4.69, 9.17) is 15.6 Å². The fraction of sp³-hybridized carbons (Fsp3) is 0.500. The lowest BCUT2D eigenvalue weighted by Gasteiger charge is -2.13. The van der Waals surface area contributed by atoms with Crippen molar-refractivity contribution in [1.82, 2.24) is 14.5 Å². The smallest absolute Gasteiger partial charge is 0.368 e. The van der Waals surface area contributed by atoms with Gasteiger partial charge in [-0.05, 0) is 0 Å². The minimum atomic E-state index is -0.787. The predicted octanol–water partition coefficient (Wildman–Crippen LogP) is -1.39. The summed E-state index contributed by atoms with van der Waals surface area (Å²) in [5.74, 6) is 0. The van der Waals surface area contributed by atoms with E-state index >= 15 is 0 Å². The molecular weight excluding hydrogens is 256 g/mol. The maximum atomic E-state index is 11.5. The van der Waals surface area contributed by atoms with Gasteiger partial charge in [-0.15, -0.1) is 0 Å². The van der Waals surface area contributed by atoms with E-state index in [0.717, 1.165) is 0 Å². The van der Waals surface area contributed by atoms with Crippen LogP contribution in [-0.4, -0.2) is 43.6 Å². The molecule has 19 heavy (non-hydrogen) atoms. The van der Waals surface area contributed by atoms with Crippen molar-refractivity contribution in [2.45, 2.75) is 24.9 Å². The monoisotopic (exact) mass is 268 g/mol. The van der Waals surface area contributed by atoms with Crippen molar-refractivity contribution in [3.63, 3.8) is 0 Å². The largest absolute Gasteiger partial charge is 0.394 e. The summed E-state index contributed by atoms with van der Waals surface area (Å²) in [5.41, 5.74) is 4.97. The highest BCUT2D eigenvalue weighted by molar-refractivity contribution is 5.69. The van der Waals surface area contributed by atoms with Crippen LogP contribution in [0.2, 0.25) is 0 Å². The van der Waals surface area contributed by atoms with E-state index in [1.807, 2.05) is 0 Å². The third-order valence-corrected chi connectivity index (χ3v) is 3.07. The number of aliphatic hydroxyl groups excluding tert-OH is 2. The van der Waals surface area contributed by atoms with Crippen molar-refractivity contribution < 1.29 is 19.4 Å². The van der Waals surface area contributed by atoms with Crippen LogP contribution in [0.3, 0.4) is 0 Å². The Morgan fingerprint density at radius 2 is 2.37 bits per heavy atom. The van der Waals surface area contributed by atoms with Crippen LogP contribution in [-0.2, 0) is 4.74 Å². The van der Waals surface area contributed by atoms with Gasteiger partial charge in [-0.1, -0.05) is 0 Å². The summed E-state index contributed by atoms with van der Waals surface area (Å²) >= 11 is 0. The van der Waals surface area contributed by atoms with Crippen molar-refractivity contribution in [3.8, 4) is 0 Å². The molecule has 0 aromatic carbocycles. The minimum absolute atomic E-state index is 0.0414. The fourth-order valence-corrected chi connectivity index (χ4v) is 2.14. The number of fused-ring (bicyclic) bond motifs is 1. The highest BCUT2D eigenvalue weighted by Gasteiger charge is 2.35. The normalized spacial score (nSPS) is 27.2. The van der Waals surface area contributed by atoms with Crippen LogP contribution < -0.4 is 11.4 Å². The van der Waals surface area contributed by atoms with E-state index in [1.165, 1.54) is 10.9 Å². The number of hydrogen-bond acceptors (Lipinski definition) is 8. The van der Waals surface area contributed by atoms with Gasteiger partial charge >= 0.3 is 5.63 Å². The number of aromatic nitrogens is 3. The van der Waals surface area contributed by atoms with E-state index in [2.05, 4.69) is 14.4 Å². The van der Waals surface area contributed by atoms with Crippen LogP contribution in [0.15, 0.2) is 15.5 Å². The van der Waals surface area contributed by atoms with Crippen LogP contribution in [0, 0.1) is 0 Å². The van der Waals surface area contributed by atoms with Crippen LogP contribution in [0.1, 0.15) is 12.6 Å². The second-order valence-electron chi connectivity index (χ2n) is 4.28. The molecule has 3 rings (SSSR count). The molecule has 1 fully saturated rings. The Kier molecular flexibility index (Phi) is 2.73. The summed E-state index contributed by atoms with van der Waals surface area (Å²) in [6.07, 6.45) is -0.389. The number of imidazole rings is 1. The Labute approximate surface area is 106 Å². The first-order chi connectivity index (χ1) is 9.10. The first-order valence-corrected chi connectivity index (χ1v) is 5.67. The number of rotatable bonds is 2. The summed E-state index contributed by atoms with van der Waals surface area (Å²) in [5, 5.41) is 18.7. The van der Waals surface area contributed by atoms with Gasteiger partial charge in [0.25, 0.3) is 6.01 Å². The average Bonchev–Trinajstić information content (AvgIpc) is 2.92. The maximum Gasteiger partial charge on any atom is 0.368 e. The molecule has 0 unspecified atom stereocenters. The van der Waals surface area contributed by atoms with Gasteiger partial charge < -0.3 is 25.1 Å². The zero-order valence-electron chi connectivity index (χ0n) is 9.76. The number of anilines is 1. The first-order valence-electron chi connectivity index (χ1n) is 5.67. The Bertz CT molecular complexity index is 665. The molecule has 0 bridgehead atoms. The quantitative estimate of drug-likeness (QED) is 0.605. The van der Waals surface area contributed by atoms with Gasteiger partial charge in [0.05, 0.1) is 19.0 Å². The maximum absolute atomic E-state index is 11.5. The Balaban J connectivity index is 2.05. The highest BCUT2D eigenvalue weighted by Crippen LogP contribution is 2.30. The van der Waals surface area contributed by atoms with Crippen molar-refractivity contribution in [2.24, 2.45) is 0 Å². The van der Waals surface area contributed by atoms with Gasteiger partial charge in [0.15, 0.2) is 11.2 Å². The molecule has 0 radical (unpaired) electrons. The summed E-state index contributed by atoms with van der Waals surface area (Å²) in [7, 11) is 0. The molecule has 1 saturated heterocycles. The summed E-state index contributed by atoms with van der Waals surface area (Å²) in [6.45, 7) is -0.290. The number of nitrogens with two attached hydrogens (primary N) is 1. The topological polar surface area (TPSA) is 137 Å². The van der Waals surface area contributed by atoms with Gasteiger partial charge in [-0.2, -0.15) is 4.98 Å². The predicted molar refractivity (Wildman–Crippen MR) is 62.1 cm³/mol.